The van der Waals surface area contributed by atoms with E-state index in [4.69, 9.17) is 4.42 Å². The van der Waals surface area contributed by atoms with Crippen LogP contribution >= 0.6 is 0 Å². The van der Waals surface area contributed by atoms with Gasteiger partial charge in [-0.15, -0.1) is 10.2 Å². The first-order chi connectivity index (χ1) is 7.08. The Morgan fingerprint density at radius 2 is 2.27 bits per heavy atom. The fourth-order valence-corrected chi connectivity index (χ4v) is 2.32. The third-order valence-corrected chi connectivity index (χ3v) is 3.32. The van der Waals surface area contributed by atoms with Crippen LogP contribution in [0.1, 0.15) is 44.9 Å². The minimum absolute atomic E-state index is 0.398. The van der Waals surface area contributed by atoms with Crippen LogP contribution in [0.5, 0.6) is 0 Å². The first-order valence-corrected chi connectivity index (χ1v) is 5.60. The van der Waals surface area contributed by atoms with Crippen molar-refractivity contribution < 1.29 is 4.42 Å². The lowest BCUT2D eigenvalue weighted by atomic mass is 9.87. The van der Waals surface area contributed by atoms with Gasteiger partial charge in [-0.2, -0.15) is 0 Å². The fraction of sp³-hybridized carbons (Fsp3) is 0.818. The third-order valence-electron chi connectivity index (χ3n) is 3.32. The highest BCUT2D eigenvalue weighted by Gasteiger charge is 2.34. The largest absolute Gasteiger partial charge is 0.424 e. The van der Waals surface area contributed by atoms with Gasteiger partial charge in [0.25, 0.3) is 0 Å². The Hall–Kier alpha value is -0.900. The van der Waals surface area contributed by atoms with Crippen LogP contribution in [-0.4, -0.2) is 16.2 Å². The van der Waals surface area contributed by atoms with E-state index in [1.807, 2.05) is 6.92 Å². The zero-order chi connectivity index (χ0) is 10.9. The van der Waals surface area contributed by atoms with Crippen molar-refractivity contribution in [2.24, 2.45) is 5.41 Å². The van der Waals surface area contributed by atoms with Crippen molar-refractivity contribution in [2.45, 2.75) is 52.6 Å². The van der Waals surface area contributed by atoms with Crippen molar-refractivity contribution in [1.29, 1.82) is 0 Å². The molecule has 1 saturated carbocycles. The molecule has 1 atom stereocenters. The van der Waals surface area contributed by atoms with Crippen molar-refractivity contribution in [1.82, 2.24) is 15.5 Å². The maximum absolute atomic E-state index is 5.33. The van der Waals surface area contributed by atoms with Crippen LogP contribution in [0.3, 0.4) is 0 Å². The summed E-state index contributed by atoms with van der Waals surface area (Å²) in [6, 6.07) is 0.574. The molecule has 0 spiro atoms. The third kappa shape index (κ3) is 2.37. The predicted octanol–water partition coefficient (Wildman–Crippen LogP) is 2.05. The second-order valence-corrected chi connectivity index (χ2v) is 5.03. The molecule has 4 heteroatoms. The Kier molecular flexibility index (Phi) is 2.78. The minimum atomic E-state index is 0.398. The van der Waals surface area contributed by atoms with Gasteiger partial charge in [-0.25, -0.2) is 0 Å². The number of hydrogen-bond acceptors (Lipinski definition) is 4. The van der Waals surface area contributed by atoms with E-state index in [9.17, 15) is 0 Å². The zero-order valence-corrected chi connectivity index (χ0v) is 9.71. The Labute approximate surface area is 90.5 Å². The molecular weight excluding hydrogens is 190 g/mol. The summed E-state index contributed by atoms with van der Waals surface area (Å²) in [4.78, 5) is 0. The highest BCUT2D eigenvalue weighted by molar-refractivity contribution is 4.91. The molecule has 0 amide bonds. The molecule has 1 aromatic rings. The molecule has 1 aliphatic rings. The summed E-state index contributed by atoms with van der Waals surface area (Å²) in [5.74, 6) is 1.33. The molecule has 84 valence electrons. The van der Waals surface area contributed by atoms with Gasteiger partial charge in [0.05, 0.1) is 6.54 Å². The molecule has 2 rings (SSSR count). The predicted molar refractivity (Wildman–Crippen MR) is 57.3 cm³/mol. The maximum atomic E-state index is 5.33. The fourth-order valence-electron chi connectivity index (χ4n) is 2.32. The van der Waals surface area contributed by atoms with Crippen molar-refractivity contribution in [2.75, 3.05) is 0 Å². The van der Waals surface area contributed by atoms with E-state index < -0.39 is 0 Å². The number of hydrogen-bond donors (Lipinski definition) is 1. The summed E-state index contributed by atoms with van der Waals surface area (Å²) in [5.41, 5.74) is 0.398. The summed E-state index contributed by atoms with van der Waals surface area (Å²) >= 11 is 0. The summed E-state index contributed by atoms with van der Waals surface area (Å²) in [6.07, 6.45) is 3.86. The van der Waals surface area contributed by atoms with Crippen LogP contribution in [-0.2, 0) is 6.54 Å². The summed E-state index contributed by atoms with van der Waals surface area (Å²) in [5, 5.41) is 11.3. The monoisotopic (exact) mass is 209 g/mol. The van der Waals surface area contributed by atoms with Crippen LogP contribution in [0, 0.1) is 12.3 Å². The van der Waals surface area contributed by atoms with Crippen molar-refractivity contribution in [3.8, 4) is 0 Å². The SMILES string of the molecule is Cc1nnc(CNC2CCCC2(C)C)o1. The first-order valence-electron chi connectivity index (χ1n) is 5.60. The van der Waals surface area contributed by atoms with Crippen LogP contribution in [0.15, 0.2) is 4.42 Å². The summed E-state index contributed by atoms with van der Waals surface area (Å²) in [6.45, 7) is 7.14. The molecule has 4 nitrogen and oxygen atoms in total. The topological polar surface area (TPSA) is 51.0 Å². The molecule has 1 aliphatic carbocycles. The lowest BCUT2D eigenvalue weighted by molar-refractivity contribution is 0.273. The molecular formula is C11H19N3O. The quantitative estimate of drug-likeness (QED) is 0.827. The molecule has 0 saturated heterocycles. The lowest BCUT2D eigenvalue weighted by Crippen LogP contribution is -2.37. The van der Waals surface area contributed by atoms with Crippen molar-refractivity contribution in [3.05, 3.63) is 11.8 Å². The molecule has 0 aromatic carbocycles. The van der Waals surface area contributed by atoms with Crippen LogP contribution < -0.4 is 5.32 Å². The molecule has 0 bridgehead atoms. The molecule has 1 unspecified atom stereocenters. The van der Waals surface area contributed by atoms with Gasteiger partial charge >= 0.3 is 0 Å². The summed E-state index contributed by atoms with van der Waals surface area (Å²) in [7, 11) is 0. The van der Waals surface area contributed by atoms with E-state index in [2.05, 4.69) is 29.4 Å². The molecule has 0 aliphatic heterocycles. The Morgan fingerprint density at radius 1 is 1.47 bits per heavy atom. The highest BCUT2D eigenvalue weighted by Crippen LogP contribution is 2.37. The Bertz CT molecular complexity index is 332. The average molecular weight is 209 g/mol. The van der Waals surface area contributed by atoms with Gasteiger partial charge < -0.3 is 9.73 Å². The standard InChI is InChI=1S/C11H19N3O/c1-8-13-14-10(15-8)7-12-9-5-4-6-11(9,2)3/h9,12H,4-7H2,1-3H3. The smallest absolute Gasteiger partial charge is 0.230 e. The maximum Gasteiger partial charge on any atom is 0.230 e. The number of aromatic nitrogens is 2. The van der Waals surface area contributed by atoms with Gasteiger partial charge in [-0.1, -0.05) is 20.3 Å². The molecule has 1 aromatic heterocycles. The van der Waals surface area contributed by atoms with Gasteiger partial charge in [0.1, 0.15) is 0 Å². The van der Waals surface area contributed by atoms with Gasteiger partial charge in [-0.3, -0.25) is 0 Å². The van der Waals surface area contributed by atoms with Gasteiger partial charge in [0, 0.05) is 13.0 Å². The second-order valence-electron chi connectivity index (χ2n) is 5.03. The van der Waals surface area contributed by atoms with E-state index in [1.165, 1.54) is 19.3 Å². The van der Waals surface area contributed by atoms with Crippen molar-refractivity contribution in [3.63, 3.8) is 0 Å². The van der Waals surface area contributed by atoms with Gasteiger partial charge in [-0.05, 0) is 18.3 Å². The normalized spacial score (nSPS) is 24.6. The van der Waals surface area contributed by atoms with Crippen LogP contribution in [0.2, 0.25) is 0 Å². The van der Waals surface area contributed by atoms with Gasteiger partial charge in [0.15, 0.2) is 0 Å². The Morgan fingerprint density at radius 3 is 2.80 bits per heavy atom. The Balaban J connectivity index is 1.88. The number of aryl methyl sites for hydroxylation is 1. The molecule has 15 heavy (non-hydrogen) atoms. The van der Waals surface area contributed by atoms with Crippen molar-refractivity contribution >= 4 is 0 Å². The number of nitrogens with one attached hydrogen (secondary N) is 1. The van der Waals surface area contributed by atoms with E-state index in [1.54, 1.807) is 0 Å². The molecule has 1 N–H and O–H groups in total. The van der Waals surface area contributed by atoms with E-state index >= 15 is 0 Å². The lowest BCUT2D eigenvalue weighted by Gasteiger charge is -2.27. The molecule has 1 fully saturated rings. The molecule has 1 heterocycles. The second kappa shape index (κ2) is 3.93. The highest BCUT2D eigenvalue weighted by atomic mass is 16.4. The zero-order valence-electron chi connectivity index (χ0n) is 9.71. The molecule has 0 radical (unpaired) electrons. The van der Waals surface area contributed by atoms with Crippen LogP contribution in [0.4, 0.5) is 0 Å². The van der Waals surface area contributed by atoms with E-state index in [0.717, 1.165) is 0 Å². The van der Waals surface area contributed by atoms with E-state index in [0.29, 0.717) is 29.8 Å². The first kappa shape index (κ1) is 10.6. The number of nitrogens with zero attached hydrogens (tertiary/aromatic N) is 2. The van der Waals surface area contributed by atoms with Crippen LogP contribution in [0.25, 0.3) is 0 Å². The average Bonchev–Trinajstić information content (AvgIpc) is 2.69. The van der Waals surface area contributed by atoms with Gasteiger partial charge in [0.2, 0.25) is 11.8 Å². The van der Waals surface area contributed by atoms with E-state index in [-0.39, 0.29) is 0 Å². The minimum Gasteiger partial charge on any atom is -0.424 e. The number of rotatable bonds is 3. The summed E-state index contributed by atoms with van der Waals surface area (Å²) < 4.78 is 5.33.